The number of carbonyl (C=O) groups is 2. The summed E-state index contributed by atoms with van der Waals surface area (Å²) in [6.45, 7) is 0.0862. The fourth-order valence-electron chi connectivity index (χ4n) is 1.99. The average Bonchev–Trinajstić information content (AvgIpc) is 2.27. The Hall–Kier alpha value is -2.11. The first-order valence-electron chi connectivity index (χ1n) is 5.70. The largest absolute Gasteiger partial charge is 0.505 e. The molecule has 6 heteroatoms. The summed E-state index contributed by atoms with van der Waals surface area (Å²) in [5.74, 6) is -1.58. The van der Waals surface area contributed by atoms with Crippen LogP contribution < -0.4 is 5.32 Å². The molecule has 0 aliphatic heterocycles. The minimum absolute atomic E-state index is 0.0862. The molecule has 6 nitrogen and oxygen atoms in total. The molecule has 0 bridgehead atoms. The highest BCUT2D eigenvalue weighted by atomic mass is 16.4. The minimum atomic E-state index is -0.881. The Labute approximate surface area is 104 Å². The number of hydrogen-bond donors (Lipinski definition) is 3. The zero-order valence-electron chi connectivity index (χ0n) is 9.72. The fourth-order valence-corrected chi connectivity index (χ4v) is 1.99. The molecular formula is C12H14N2O4. The van der Waals surface area contributed by atoms with Gasteiger partial charge in [-0.2, -0.15) is 0 Å². The van der Waals surface area contributed by atoms with Crippen LogP contribution in [0.3, 0.4) is 0 Å². The van der Waals surface area contributed by atoms with Crippen LogP contribution in [0, 0.1) is 5.41 Å². The number of carboxylic acid groups (broad SMARTS) is 1. The van der Waals surface area contributed by atoms with E-state index < -0.39 is 17.3 Å². The van der Waals surface area contributed by atoms with Gasteiger partial charge in [0.1, 0.15) is 5.75 Å². The number of aromatic nitrogens is 1. The highest BCUT2D eigenvalue weighted by Gasteiger charge is 2.44. The zero-order chi connectivity index (χ0) is 13.2. The van der Waals surface area contributed by atoms with Crippen molar-refractivity contribution in [2.75, 3.05) is 6.54 Å². The molecule has 1 saturated carbocycles. The van der Waals surface area contributed by atoms with E-state index in [2.05, 4.69) is 10.3 Å². The molecule has 1 aromatic heterocycles. The lowest BCUT2D eigenvalue weighted by atomic mass is 9.69. The lowest BCUT2D eigenvalue weighted by Gasteiger charge is -2.37. The first-order chi connectivity index (χ1) is 8.55. The van der Waals surface area contributed by atoms with E-state index in [1.54, 1.807) is 0 Å². The van der Waals surface area contributed by atoms with E-state index >= 15 is 0 Å². The summed E-state index contributed by atoms with van der Waals surface area (Å²) in [5.41, 5.74) is -0.733. The lowest BCUT2D eigenvalue weighted by molar-refractivity contribution is -0.153. The number of pyridine rings is 1. The number of carboxylic acids is 1. The van der Waals surface area contributed by atoms with Gasteiger partial charge in [0.05, 0.1) is 17.2 Å². The van der Waals surface area contributed by atoms with Crippen molar-refractivity contribution >= 4 is 11.9 Å². The second kappa shape index (κ2) is 4.64. The molecule has 0 saturated heterocycles. The normalized spacial score (nSPS) is 16.7. The van der Waals surface area contributed by atoms with Gasteiger partial charge in [-0.05, 0) is 18.9 Å². The summed E-state index contributed by atoms with van der Waals surface area (Å²) >= 11 is 0. The van der Waals surface area contributed by atoms with Gasteiger partial charge < -0.3 is 15.5 Å². The molecule has 1 aromatic rings. The predicted octanol–water partition coefficient (Wildman–Crippen LogP) is 0.772. The van der Waals surface area contributed by atoms with Crippen LogP contribution >= 0.6 is 0 Å². The summed E-state index contributed by atoms with van der Waals surface area (Å²) in [6.07, 6.45) is 4.58. The molecule has 1 aliphatic carbocycles. The van der Waals surface area contributed by atoms with Crippen molar-refractivity contribution in [2.45, 2.75) is 19.3 Å². The van der Waals surface area contributed by atoms with Gasteiger partial charge in [0.2, 0.25) is 0 Å². The van der Waals surface area contributed by atoms with E-state index in [9.17, 15) is 14.7 Å². The van der Waals surface area contributed by atoms with E-state index in [4.69, 9.17) is 5.11 Å². The summed E-state index contributed by atoms with van der Waals surface area (Å²) < 4.78 is 0. The number of nitrogens with zero attached hydrogens (tertiary/aromatic N) is 1. The molecule has 1 amide bonds. The first-order valence-corrected chi connectivity index (χ1v) is 5.70. The number of hydrogen-bond acceptors (Lipinski definition) is 4. The van der Waals surface area contributed by atoms with E-state index in [1.165, 1.54) is 18.5 Å². The van der Waals surface area contributed by atoms with E-state index in [0.717, 1.165) is 6.42 Å². The van der Waals surface area contributed by atoms with Gasteiger partial charge >= 0.3 is 5.97 Å². The summed E-state index contributed by atoms with van der Waals surface area (Å²) in [6, 6.07) is 1.39. The fraction of sp³-hybridized carbons (Fsp3) is 0.417. The van der Waals surface area contributed by atoms with Crippen molar-refractivity contribution in [3.8, 4) is 5.75 Å². The Morgan fingerprint density at radius 1 is 1.44 bits per heavy atom. The van der Waals surface area contributed by atoms with Crippen molar-refractivity contribution in [2.24, 2.45) is 5.41 Å². The van der Waals surface area contributed by atoms with Crippen molar-refractivity contribution in [3.63, 3.8) is 0 Å². The molecule has 0 aromatic carbocycles. The number of aliphatic carboxylic acids is 1. The monoisotopic (exact) mass is 250 g/mol. The van der Waals surface area contributed by atoms with Crippen LogP contribution in [-0.4, -0.2) is 33.6 Å². The molecule has 1 heterocycles. The molecule has 1 aliphatic rings. The molecule has 0 unspecified atom stereocenters. The van der Waals surface area contributed by atoms with E-state index in [-0.39, 0.29) is 17.9 Å². The summed E-state index contributed by atoms with van der Waals surface area (Å²) in [4.78, 5) is 26.6. The number of amides is 1. The average molecular weight is 250 g/mol. The van der Waals surface area contributed by atoms with Gasteiger partial charge in [-0.25, -0.2) is 0 Å². The molecule has 2 rings (SSSR count). The highest BCUT2D eigenvalue weighted by molar-refractivity contribution is 5.96. The van der Waals surface area contributed by atoms with Crippen LogP contribution in [0.2, 0.25) is 0 Å². The topological polar surface area (TPSA) is 99.5 Å². The number of nitrogens with one attached hydrogen (secondary N) is 1. The third-order valence-electron chi connectivity index (χ3n) is 3.40. The van der Waals surface area contributed by atoms with Crippen molar-refractivity contribution in [1.82, 2.24) is 10.3 Å². The van der Waals surface area contributed by atoms with Gasteiger partial charge in [-0.3, -0.25) is 14.6 Å². The predicted molar refractivity (Wildman–Crippen MR) is 62.2 cm³/mol. The van der Waals surface area contributed by atoms with Crippen LogP contribution in [0.1, 0.15) is 29.6 Å². The molecule has 3 N–H and O–H groups in total. The maximum absolute atomic E-state index is 11.8. The Kier molecular flexibility index (Phi) is 3.18. The Balaban J connectivity index is 2.01. The number of aromatic hydroxyl groups is 1. The zero-order valence-corrected chi connectivity index (χ0v) is 9.72. The lowest BCUT2D eigenvalue weighted by Crippen LogP contribution is -2.47. The molecule has 18 heavy (non-hydrogen) atoms. The van der Waals surface area contributed by atoms with Crippen LogP contribution in [0.4, 0.5) is 0 Å². The molecule has 0 spiro atoms. The molecule has 0 atom stereocenters. The van der Waals surface area contributed by atoms with Gasteiger partial charge in [0.25, 0.3) is 5.91 Å². The van der Waals surface area contributed by atoms with Crippen molar-refractivity contribution in [1.29, 1.82) is 0 Å². The van der Waals surface area contributed by atoms with E-state index in [1.807, 2.05) is 0 Å². The van der Waals surface area contributed by atoms with Crippen LogP contribution in [0.15, 0.2) is 18.5 Å². The van der Waals surface area contributed by atoms with Crippen molar-refractivity contribution < 1.29 is 19.8 Å². The first kappa shape index (κ1) is 12.3. The third-order valence-corrected chi connectivity index (χ3v) is 3.40. The van der Waals surface area contributed by atoms with Crippen LogP contribution in [0.25, 0.3) is 0 Å². The maximum Gasteiger partial charge on any atom is 0.311 e. The maximum atomic E-state index is 11.8. The second-order valence-corrected chi connectivity index (χ2v) is 4.51. The SMILES string of the molecule is O=C(NCC1(C(=O)O)CCC1)c1ccncc1O. The van der Waals surface area contributed by atoms with Gasteiger partial charge in [0.15, 0.2) is 0 Å². The molecular weight excluding hydrogens is 236 g/mol. The Morgan fingerprint density at radius 3 is 2.67 bits per heavy atom. The Morgan fingerprint density at radius 2 is 2.17 bits per heavy atom. The Bertz CT molecular complexity index is 483. The minimum Gasteiger partial charge on any atom is -0.505 e. The number of rotatable bonds is 4. The molecule has 1 fully saturated rings. The van der Waals surface area contributed by atoms with Gasteiger partial charge in [-0.15, -0.1) is 0 Å². The van der Waals surface area contributed by atoms with Gasteiger partial charge in [-0.1, -0.05) is 6.42 Å². The summed E-state index contributed by atoms with van der Waals surface area (Å²) in [7, 11) is 0. The van der Waals surface area contributed by atoms with Crippen molar-refractivity contribution in [3.05, 3.63) is 24.0 Å². The van der Waals surface area contributed by atoms with Gasteiger partial charge in [0, 0.05) is 12.7 Å². The standard InChI is InChI=1S/C12H14N2O4/c15-9-6-13-5-2-8(9)10(16)14-7-12(11(17)18)3-1-4-12/h2,5-6,15H,1,3-4,7H2,(H,14,16)(H,17,18). The quantitative estimate of drug-likeness (QED) is 0.733. The van der Waals surface area contributed by atoms with Crippen LogP contribution in [-0.2, 0) is 4.79 Å². The molecule has 0 radical (unpaired) electrons. The molecule has 96 valence electrons. The number of carbonyl (C=O) groups excluding carboxylic acids is 1. The highest BCUT2D eigenvalue weighted by Crippen LogP contribution is 2.40. The second-order valence-electron chi connectivity index (χ2n) is 4.51. The third kappa shape index (κ3) is 2.13. The summed E-state index contributed by atoms with van der Waals surface area (Å²) in [5, 5.41) is 21.1. The van der Waals surface area contributed by atoms with E-state index in [0.29, 0.717) is 12.8 Å². The van der Waals surface area contributed by atoms with Crippen LogP contribution in [0.5, 0.6) is 5.75 Å². The smallest absolute Gasteiger partial charge is 0.311 e.